The van der Waals surface area contributed by atoms with Crippen molar-refractivity contribution in [3.63, 3.8) is 0 Å². The number of alkyl halides is 4. The van der Waals surface area contributed by atoms with Crippen molar-refractivity contribution in [2.24, 2.45) is 0 Å². The van der Waals surface area contributed by atoms with Crippen molar-refractivity contribution in [1.29, 1.82) is 0 Å². The van der Waals surface area contributed by atoms with Gasteiger partial charge in [0.05, 0.1) is 0 Å². The third-order valence-electron chi connectivity index (χ3n) is 3.02. The zero-order valence-electron chi connectivity index (χ0n) is 9.08. The minimum Gasteiger partial charge on any atom is -0.366 e. The standard InChI is InChI=1S/C10H7F5O3S/c11-7-3-1-2-6-5(7)4-9(14,15)10(6,16)19(17,18)8(12)13/h1-3,8,16H,4H2. The molecule has 0 aromatic heterocycles. The number of sulfone groups is 1. The van der Waals surface area contributed by atoms with Crippen LogP contribution in [0, 0.1) is 5.82 Å². The molecule has 1 aromatic carbocycles. The van der Waals surface area contributed by atoms with Crippen LogP contribution in [0.2, 0.25) is 0 Å². The molecule has 19 heavy (non-hydrogen) atoms. The molecule has 0 bridgehead atoms. The van der Waals surface area contributed by atoms with E-state index in [1.807, 2.05) is 0 Å². The van der Waals surface area contributed by atoms with Crippen LogP contribution in [0.4, 0.5) is 22.0 Å². The summed E-state index contributed by atoms with van der Waals surface area (Å²) in [4.78, 5) is -4.12. The number of benzene rings is 1. The Kier molecular flexibility index (Phi) is 2.91. The van der Waals surface area contributed by atoms with E-state index in [1.165, 1.54) is 0 Å². The summed E-state index contributed by atoms with van der Waals surface area (Å²) >= 11 is 0. The van der Waals surface area contributed by atoms with Crippen LogP contribution in [0.15, 0.2) is 18.2 Å². The van der Waals surface area contributed by atoms with Crippen molar-refractivity contribution in [3.05, 3.63) is 35.1 Å². The molecule has 0 aliphatic heterocycles. The summed E-state index contributed by atoms with van der Waals surface area (Å²) in [6.45, 7) is 0. The van der Waals surface area contributed by atoms with Gasteiger partial charge in [0.2, 0.25) is 0 Å². The number of hydrogen-bond donors (Lipinski definition) is 1. The van der Waals surface area contributed by atoms with Crippen molar-refractivity contribution in [1.82, 2.24) is 0 Å². The zero-order valence-corrected chi connectivity index (χ0v) is 9.89. The maximum Gasteiger partial charge on any atom is 0.340 e. The Hall–Kier alpha value is -1.22. The van der Waals surface area contributed by atoms with Gasteiger partial charge in [-0.25, -0.2) is 21.6 Å². The van der Waals surface area contributed by atoms with Crippen LogP contribution in [0.1, 0.15) is 11.1 Å². The normalized spacial score (nSPS) is 25.6. The van der Waals surface area contributed by atoms with Crippen molar-refractivity contribution in [2.45, 2.75) is 23.0 Å². The fourth-order valence-corrected chi connectivity index (χ4v) is 3.33. The highest BCUT2D eigenvalue weighted by atomic mass is 32.2. The SMILES string of the molecule is O=S(=O)(C(F)F)C1(O)c2cccc(F)c2CC1(F)F. The van der Waals surface area contributed by atoms with Gasteiger partial charge in [0.25, 0.3) is 20.7 Å². The quantitative estimate of drug-likeness (QED) is 0.848. The molecule has 9 heteroatoms. The molecule has 1 aliphatic rings. The predicted octanol–water partition coefficient (Wildman–Crippen LogP) is 1.80. The number of fused-ring (bicyclic) bond motifs is 1. The van der Waals surface area contributed by atoms with E-state index in [9.17, 15) is 35.5 Å². The lowest BCUT2D eigenvalue weighted by Gasteiger charge is -2.29. The lowest BCUT2D eigenvalue weighted by Crippen LogP contribution is -2.50. The summed E-state index contributed by atoms with van der Waals surface area (Å²) in [5, 5.41) is 9.71. The molecular formula is C10H7F5O3S. The van der Waals surface area contributed by atoms with E-state index in [-0.39, 0.29) is 0 Å². The Balaban J connectivity index is 2.81. The van der Waals surface area contributed by atoms with E-state index in [2.05, 4.69) is 0 Å². The first kappa shape index (κ1) is 14.2. The zero-order chi connectivity index (χ0) is 14.6. The molecule has 1 aliphatic carbocycles. The third kappa shape index (κ3) is 1.61. The smallest absolute Gasteiger partial charge is 0.340 e. The highest BCUT2D eigenvalue weighted by Crippen LogP contribution is 2.53. The van der Waals surface area contributed by atoms with Gasteiger partial charge in [0.1, 0.15) is 5.82 Å². The fraction of sp³-hybridized carbons (Fsp3) is 0.400. The summed E-state index contributed by atoms with van der Waals surface area (Å²) in [6, 6.07) is 2.33. The highest BCUT2D eigenvalue weighted by Gasteiger charge is 2.70. The molecule has 0 saturated heterocycles. The van der Waals surface area contributed by atoms with Crippen molar-refractivity contribution in [2.75, 3.05) is 0 Å². The largest absolute Gasteiger partial charge is 0.366 e. The van der Waals surface area contributed by atoms with E-state index in [4.69, 9.17) is 0 Å². The molecule has 1 N–H and O–H groups in total. The minimum atomic E-state index is -5.91. The average Bonchev–Trinajstić information content (AvgIpc) is 2.50. The molecule has 0 amide bonds. The van der Waals surface area contributed by atoms with Gasteiger partial charge < -0.3 is 5.11 Å². The van der Waals surface area contributed by atoms with Gasteiger partial charge in [-0.3, -0.25) is 0 Å². The lowest BCUT2D eigenvalue weighted by atomic mass is 10.1. The Bertz CT molecular complexity index is 628. The minimum absolute atomic E-state index is 0.694. The van der Waals surface area contributed by atoms with Crippen molar-refractivity contribution in [3.8, 4) is 0 Å². The van der Waals surface area contributed by atoms with Crippen LogP contribution in [-0.2, 0) is 21.2 Å². The van der Waals surface area contributed by atoms with Gasteiger partial charge in [0.15, 0.2) is 0 Å². The fourth-order valence-electron chi connectivity index (χ4n) is 2.08. The van der Waals surface area contributed by atoms with Crippen LogP contribution in [-0.4, -0.2) is 25.2 Å². The summed E-state index contributed by atoms with van der Waals surface area (Å²) in [5.41, 5.74) is -1.82. The Morgan fingerprint density at radius 3 is 2.37 bits per heavy atom. The van der Waals surface area contributed by atoms with Crippen LogP contribution in [0.3, 0.4) is 0 Å². The van der Waals surface area contributed by atoms with Crippen LogP contribution in [0.25, 0.3) is 0 Å². The van der Waals surface area contributed by atoms with Gasteiger partial charge in [-0.05, 0) is 6.07 Å². The maximum atomic E-state index is 13.7. The lowest BCUT2D eigenvalue weighted by molar-refractivity contribution is -0.127. The first-order chi connectivity index (χ1) is 8.55. The predicted molar refractivity (Wildman–Crippen MR) is 53.9 cm³/mol. The molecule has 0 fully saturated rings. The summed E-state index contributed by atoms with van der Waals surface area (Å²) in [7, 11) is -5.91. The average molecular weight is 302 g/mol. The van der Waals surface area contributed by atoms with E-state index in [0.717, 1.165) is 12.1 Å². The molecular weight excluding hydrogens is 295 g/mol. The van der Waals surface area contributed by atoms with E-state index in [0.29, 0.717) is 6.07 Å². The molecule has 0 heterocycles. The first-order valence-electron chi connectivity index (χ1n) is 4.95. The van der Waals surface area contributed by atoms with Crippen LogP contribution in [0.5, 0.6) is 0 Å². The summed E-state index contributed by atoms with van der Waals surface area (Å²) in [5.74, 6) is -9.83. The molecule has 3 nitrogen and oxygen atoms in total. The summed E-state index contributed by atoms with van der Waals surface area (Å²) in [6.07, 6.45) is -1.46. The third-order valence-corrected chi connectivity index (χ3v) is 4.84. The van der Waals surface area contributed by atoms with E-state index in [1.54, 1.807) is 0 Å². The van der Waals surface area contributed by atoms with Gasteiger partial charge in [-0.1, -0.05) is 12.1 Å². The van der Waals surface area contributed by atoms with E-state index < -0.39 is 49.8 Å². The second-order valence-corrected chi connectivity index (χ2v) is 6.13. The van der Waals surface area contributed by atoms with Crippen molar-refractivity contribution >= 4 is 9.84 Å². The Labute approximate surface area is 104 Å². The highest BCUT2D eigenvalue weighted by molar-refractivity contribution is 7.92. The molecule has 106 valence electrons. The van der Waals surface area contributed by atoms with Gasteiger partial charge in [-0.15, -0.1) is 0 Å². The molecule has 0 spiro atoms. The topological polar surface area (TPSA) is 54.4 Å². The summed E-state index contributed by atoms with van der Waals surface area (Å²) < 4.78 is 88.4. The molecule has 2 rings (SSSR count). The van der Waals surface area contributed by atoms with Gasteiger partial charge in [-0.2, -0.15) is 8.78 Å². The second-order valence-electron chi connectivity index (χ2n) is 4.10. The monoisotopic (exact) mass is 302 g/mol. The van der Waals surface area contributed by atoms with Crippen molar-refractivity contribution < 1.29 is 35.5 Å². The molecule has 0 radical (unpaired) electrons. The van der Waals surface area contributed by atoms with Crippen LogP contribution >= 0.6 is 0 Å². The van der Waals surface area contributed by atoms with Gasteiger partial charge >= 0.3 is 5.76 Å². The molecule has 1 atom stereocenters. The molecule has 1 unspecified atom stereocenters. The number of hydrogen-bond acceptors (Lipinski definition) is 3. The second kappa shape index (κ2) is 3.89. The number of rotatable bonds is 2. The number of aliphatic hydroxyl groups is 1. The first-order valence-corrected chi connectivity index (χ1v) is 6.50. The number of halogens is 5. The Morgan fingerprint density at radius 2 is 1.84 bits per heavy atom. The molecule has 1 aromatic rings. The maximum absolute atomic E-state index is 13.7. The van der Waals surface area contributed by atoms with Crippen LogP contribution < -0.4 is 0 Å². The van der Waals surface area contributed by atoms with E-state index >= 15 is 0 Å². The Morgan fingerprint density at radius 1 is 1.26 bits per heavy atom. The molecule has 0 saturated carbocycles. The van der Waals surface area contributed by atoms with Gasteiger partial charge in [0, 0.05) is 17.5 Å².